The van der Waals surface area contributed by atoms with Crippen LogP contribution in [0.3, 0.4) is 0 Å². The van der Waals surface area contributed by atoms with Gasteiger partial charge >= 0.3 is 0 Å². The number of nitrogens with zero attached hydrogens (tertiary/aromatic N) is 1. The monoisotopic (exact) mass is 408 g/mol. The van der Waals surface area contributed by atoms with Gasteiger partial charge in [-0.2, -0.15) is 0 Å². The van der Waals surface area contributed by atoms with Crippen LogP contribution in [0.2, 0.25) is 5.02 Å². The molecule has 1 amide bonds. The number of hydrogen-bond acceptors (Lipinski definition) is 5. The van der Waals surface area contributed by atoms with Gasteiger partial charge in [-0.1, -0.05) is 11.6 Å². The quantitative estimate of drug-likeness (QED) is 0.838. The van der Waals surface area contributed by atoms with E-state index in [1.165, 1.54) is 24.3 Å². The van der Waals surface area contributed by atoms with Gasteiger partial charge in [0.1, 0.15) is 13.2 Å². The summed E-state index contributed by atoms with van der Waals surface area (Å²) in [7, 11) is -3.74. The summed E-state index contributed by atoms with van der Waals surface area (Å²) in [6.07, 6.45) is 0.0846. The first-order valence-corrected chi connectivity index (χ1v) is 10.3. The highest BCUT2D eigenvalue weighted by atomic mass is 35.5. The zero-order chi connectivity index (χ0) is 19.0. The molecule has 0 aromatic heterocycles. The first-order valence-electron chi connectivity index (χ1n) is 8.40. The van der Waals surface area contributed by atoms with E-state index in [4.69, 9.17) is 21.1 Å². The van der Waals surface area contributed by atoms with Crippen molar-refractivity contribution < 1.29 is 22.7 Å². The molecule has 0 aliphatic carbocycles. The lowest BCUT2D eigenvalue weighted by molar-refractivity contribution is -0.117. The van der Waals surface area contributed by atoms with E-state index in [0.717, 1.165) is 0 Å². The molecule has 2 aliphatic rings. The second kappa shape index (κ2) is 7.03. The van der Waals surface area contributed by atoms with Crippen molar-refractivity contribution in [3.63, 3.8) is 0 Å². The minimum atomic E-state index is -3.74. The summed E-state index contributed by atoms with van der Waals surface area (Å²) >= 11 is 5.80. The van der Waals surface area contributed by atoms with Crippen LogP contribution in [0.15, 0.2) is 47.4 Å². The maximum Gasteiger partial charge on any atom is 0.240 e. The molecule has 4 rings (SSSR count). The van der Waals surface area contributed by atoms with Crippen molar-refractivity contribution in [2.24, 2.45) is 0 Å². The number of sulfonamides is 1. The van der Waals surface area contributed by atoms with Crippen LogP contribution < -0.4 is 19.1 Å². The van der Waals surface area contributed by atoms with Gasteiger partial charge in [0.05, 0.1) is 4.90 Å². The standard InChI is InChI=1S/C18H17ClN2O5S/c19-12-1-4-15(5-2-12)27(23,24)20-13-9-18(22)21(11-13)14-3-6-16-17(10-14)26-8-7-25-16/h1-6,10,13,20H,7-9,11H2/t13-/m0/s1. The Balaban J connectivity index is 1.50. The third kappa shape index (κ3) is 3.73. The van der Waals surface area contributed by atoms with Crippen LogP contribution in [-0.2, 0) is 14.8 Å². The van der Waals surface area contributed by atoms with Crippen LogP contribution in [-0.4, -0.2) is 40.1 Å². The summed E-state index contributed by atoms with van der Waals surface area (Å²) < 4.78 is 38.7. The van der Waals surface area contributed by atoms with Crippen LogP contribution in [0.4, 0.5) is 5.69 Å². The molecule has 0 radical (unpaired) electrons. The van der Waals surface area contributed by atoms with Crippen LogP contribution in [0.1, 0.15) is 6.42 Å². The lowest BCUT2D eigenvalue weighted by Crippen LogP contribution is -2.37. The zero-order valence-electron chi connectivity index (χ0n) is 14.2. The molecule has 1 fully saturated rings. The summed E-state index contributed by atoms with van der Waals surface area (Å²) in [5, 5.41) is 0.453. The Bertz CT molecular complexity index is 978. The largest absolute Gasteiger partial charge is 0.486 e. The van der Waals surface area contributed by atoms with Crippen molar-refractivity contribution in [1.82, 2.24) is 4.72 Å². The zero-order valence-corrected chi connectivity index (χ0v) is 15.8. The lowest BCUT2D eigenvalue weighted by Gasteiger charge is -2.22. The van der Waals surface area contributed by atoms with Crippen molar-refractivity contribution in [2.45, 2.75) is 17.4 Å². The summed E-state index contributed by atoms with van der Waals surface area (Å²) in [5.41, 5.74) is 0.650. The molecule has 0 bridgehead atoms. The van der Waals surface area contributed by atoms with Gasteiger partial charge < -0.3 is 14.4 Å². The van der Waals surface area contributed by atoms with Crippen LogP contribution in [0.25, 0.3) is 0 Å². The number of carbonyl (C=O) groups is 1. The minimum absolute atomic E-state index is 0.0846. The second-order valence-corrected chi connectivity index (χ2v) is 8.46. The van der Waals surface area contributed by atoms with Gasteiger partial charge in [-0.05, 0) is 36.4 Å². The smallest absolute Gasteiger partial charge is 0.240 e. The Morgan fingerprint density at radius 1 is 1.04 bits per heavy atom. The van der Waals surface area contributed by atoms with Gasteiger partial charge in [0.15, 0.2) is 11.5 Å². The summed E-state index contributed by atoms with van der Waals surface area (Å²) in [5.74, 6) is 1.06. The topological polar surface area (TPSA) is 84.9 Å². The van der Waals surface area contributed by atoms with E-state index in [1.807, 2.05) is 0 Å². The van der Waals surface area contributed by atoms with Gasteiger partial charge in [0.25, 0.3) is 0 Å². The van der Waals surface area contributed by atoms with E-state index in [2.05, 4.69) is 4.72 Å². The second-order valence-electron chi connectivity index (χ2n) is 6.31. The van der Waals surface area contributed by atoms with E-state index in [1.54, 1.807) is 23.1 Å². The Hall–Kier alpha value is -2.29. The molecule has 1 saturated heterocycles. The molecule has 1 N–H and O–H groups in total. The van der Waals surface area contributed by atoms with E-state index >= 15 is 0 Å². The molecule has 9 heteroatoms. The number of fused-ring (bicyclic) bond motifs is 1. The molecule has 2 aromatic carbocycles. The van der Waals surface area contributed by atoms with Gasteiger partial charge in [0.2, 0.25) is 15.9 Å². The molecular weight excluding hydrogens is 392 g/mol. The molecule has 2 aliphatic heterocycles. The molecule has 2 heterocycles. The van der Waals surface area contributed by atoms with Crippen molar-refractivity contribution in [3.05, 3.63) is 47.5 Å². The van der Waals surface area contributed by atoms with Crippen molar-refractivity contribution in [3.8, 4) is 11.5 Å². The Morgan fingerprint density at radius 3 is 2.48 bits per heavy atom. The number of hydrogen-bond donors (Lipinski definition) is 1. The van der Waals surface area contributed by atoms with Crippen molar-refractivity contribution >= 4 is 33.2 Å². The highest BCUT2D eigenvalue weighted by molar-refractivity contribution is 7.89. The summed E-state index contributed by atoms with van der Waals surface area (Å²) in [4.78, 5) is 14.1. The third-order valence-corrected chi connectivity index (χ3v) is 6.20. The molecule has 2 aromatic rings. The first-order chi connectivity index (χ1) is 12.9. The number of halogens is 1. The molecule has 7 nitrogen and oxygen atoms in total. The lowest BCUT2D eigenvalue weighted by atomic mass is 10.2. The first kappa shape index (κ1) is 18.1. The van der Waals surface area contributed by atoms with Gasteiger partial charge in [-0.15, -0.1) is 0 Å². The Kier molecular flexibility index (Phi) is 4.71. The maximum absolute atomic E-state index is 12.5. The molecule has 0 unspecified atom stereocenters. The van der Waals surface area contributed by atoms with E-state index in [9.17, 15) is 13.2 Å². The van der Waals surface area contributed by atoms with Crippen LogP contribution >= 0.6 is 11.6 Å². The van der Waals surface area contributed by atoms with Gasteiger partial charge in [-0.25, -0.2) is 13.1 Å². The average Bonchev–Trinajstić information content (AvgIpc) is 3.01. The molecule has 1 atom stereocenters. The fourth-order valence-electron chi connectivity index (χ4n) is 3.14. The highest BCUT2D eigenvalue weighted by Gasteiger charge is 2.34. The Morgan fingerprint density at radius 2 is 1.74 bits per heavy atom. The van der Waals surface area contributed by atoms with Gasteiger partial charge in [-0.3, -0.25) is 4.79 Å². The van der Waals surface area contributed by atoms with Crippen molar-refractivity contribution in [2.75, 3.05) is 24.7 Å². The van der Waals surface area contributed by atoms with E-state index in [-0.39, 0.29) is 23.8 Å². The number of rotatable bonds is 4. The molecule has 27 heavy (non-hydrogen) atoms. The van der Waals surface area contributed by atoms with Gasteiger partial charge in [0, 0.05) is 35.8 Å². The predicted octanol–water partition coefficient (Wildman–Crippen LogP) is 2.19. The summed E-state index contributed by atoms with van der Waals surface area (Å²) in [6.45, 7) is 1.18. The Labute approximate surface area is 161 Å². The number of ether oxygens (including phenoxy) is 2. The summed E-state index contributed by atoms with van der Waals surface area (Å²) in [6, 6.07) is 10.6. The average molecular weight is 409 g/mol. The fraction of sp³-hybridized carbons (Fsp3) is 0.278. The minimum Gasteiger partial charge on any atom is -0.486 e. The van der Waals surface area contributed by atoms with Crippen LogP contribution in [0, 0.1) is 0 Å². The highest BCUT2D eigenvalue weighted by Crippen LogP contribution is 2.35. The van der Waals surface area contributed by atoms with E-state index < -0.39 is 16.1 Å². The number of amides is 1. The maximum atomic E-state index is 12.5. The van der Waals surface area contributed by atoms with Crippen molar-refractivity contribution in [1.29, 1.82) is 0 Å². The predicted molar refractivity (Wildman–Crippen MR) is 100.0 cm³/mol. The van der Waals surface area contributed by atoms with E-state index in [0.29, 0.717) is 35.4 Å². The number of nitrogens with one attached hydrogen (secondary N) is 1. The van der Waals surface area contributed by atoms with Crippen LogP contribution in [0.5, 0.6) is 11.5 Å². The molecule has 142 valence electrons. The normalized spacial score (nSPS) is 19.4. The molecule has 0 spiro atoms. The number of anilines is 1. The SMILES string of the molecule is O=C1C[C@H](NS(=O)(=O)c2ccc(Cl)cc2)CN1c1ccc2c(c1)OCCO2. The number of carbonyl (C=O) groups excluding carboxylic acids is 1. The fourth-order valence-corrected chi connectivity index (χ4v) is 4.49. The molecular formula is C18H17ClN2O5S. The molecule has 0 saturated carbocycles. The third-order valence-electron chi connectivity index (χ3n) is 4.41. The number of benzene rings is 2.